The summed E-state index contributed by atoms with van der Waals surface area (Å²) in [4.78, 5) is 14.7. The first-order chi connectivity index (χ1) is 16.1. The van der Waals surface area contributed by atoms with Crippen LogP contribution in [0.3, 0.4) is 0 Å². The highest BCUT2D eigenvalue weighted by Gasteiger charge is 2.51. The third-order valence-corrected chi connectivity index (χ3v) is 9.10. The minimum atomic E-state index is -1.73. The Morgan fingerprint density at radius 1 is 1.00 bits per heavy atom. The number of rotatable bonds is 9. The zero-order valence-electron chi connectivity index (χ0n) is 18.6. The maximum absolute atomic E-state index is 13.4. The zero-order chi connectivity index (χ0) is 22.7. The van der Waals surface area contributed by atoms with Crippen molar-refractivity contribution in [3.05, 3.63) is 75.1 Å². The fraction of sp³-hybridized carbons (Fsp3) is 0.444. The number of para-hydroxylation sites is 1. The van der Waals surface area contributed by atoms with Crippen LogP contribution < -0.4 is 4.74 Å². The summed E-state index contributed by atoms with van der Waals surface area (Å²) in [6, 6.07) is 17.3. The van der Waals surface area contributed by atoms with Crippen molar-refractivity contribution in [2.24, 2.45) is 5.92 Å². The van der Waals surface area contributed by atoms with Crippen LogP contribution in [0.1, 0.15) is 36.4 Å². The number of esters is 1. The van der Waals surface area contributed by atoms with Gasteiger partial charge in [0.2, 0.25) is 5.60 Å². The second kappa shape index (κ2) is 10.6. The Morgan fingerprint density at radius 2 is 1.65 bits per heavy atom. The molecule has 3 aliphatic rings. The lowest BCUT2D eigenvalue weighted by molar-refractivity contribution is -0.946. The number of thiophene rings is 2. The van der Waals surface area contributed by atoms with Crippen LogP contribution in [0.2, 0.25) is 0 Å². The molecule has 0 spiro atoms. The normalized spacial score (nSPS) is 23.8. The molecule has 0 aliphatic carbocycles. The predicted molar refractivity (Wildman–Crippen MR) is 137 cm³/mol. The lowest BCUT2D eigenvalue weighted by Gasteiger charge is -2.52. The number of ether oxygens (including phenoxy) is 2. The SMILES string of the molecule is C.O=C(OC1C[N+]2(CCCOc3ccccc3)CCC1CC2)C(O)(c1cccs1)c1cccs1. The number of quaternary nitrogens is 1. The number of hydrogen-bond acceptors (Lipinski definition) is 6. The topological polar surface area (TPSA) is 55.8 Å². The first kappa shape index (κ1) is 24.9. The first-order valence-electron chi connectivity index (χ1n) is 11.6. The fourth-order valence-corrected chi connectivity index (χ4v) is 7.00. The Balaban J connectivity index is 0.00000274. The van der Waals surface area contributed by atoms with Gasteiger partial charge in [0.05, 0.1) is 36.0 Å². The molecule has 3 aromatic rings. The number of aliphatic hydroxyl groups is 1. The summed E-state index contributed by atoms with van der Waals surface area (Å²) in [6.07, 6.45) is 2.94. The molecule has 1 aromatic carbocycles. The molecule has 34 heavy (non-hydrogen) atoms. The second-order valence-electron chi connectivity index (χ2n) is 9.16. The molecule has 1 N–H and O–H groups in total. The van der Waals surface area contributed by atoms with E-state index in [4.69, 9.17) is 9.47 Å². The number of carbonyl (C=O) groups excluding carboxylic acids is 1. The van der Waals surface area contributed by atoms with Crippen molar-refractivity contribution >= 4 is 28.6 Å². The molecular weight excluding hydrogens is 466 g/mol. The molecule has 6 rings (SSSR count). The maximum atomic E-state index is 13.4. The van der Waals surface area contributed by atoms with E-state index < -0.39 is 11.6 Å². The summed E-state index contributed by atoms with van der Waals surface area (Å²) in [5.41, 5.74) is -1.73. The van der Waals surface area contributed by atoms with Crippen molar-refractivity contribution in [2.75, 3.05) is 32.8 Å². The van der Waals surface area contributed by atoms with Gasteiger partial charge in [-0.2, -0.15) is 0 Å². The summed E-state index contributed by atoms with van der Waals surface area (Å²) >= 11 is 2.77. The third-order valence-electron chi connectivity index (χ3n) is 7.14. The van der Waals surface area contributed by atoms with Gasteiger partial charge in [0.15, 0.2) is 6.10 Å². The molecule has 1 atom stereocenters. The quantitative estimate of drug-likeness (QED) is 0.246. The molecule has 5 heterocycles. The Morgan fingerprint density at radius 3 is 2.24 bits per heavy atom. The van der Waals surface area contributed by atoms with E-state index >= 15 is 0 Å². The van der Waals surface area contributed by atoms with Gasteiger partial charge < -0.3 is 19.1 Å². The Hall–Kier alpha value is -2.19. The van der Waals surface area contributed by atoms with Gasteiger partial charge in [0.25, 0.3) is 0 Å². The Labute approximate surface area is 210 Å². The van der Waals surface area contributed by atoms with Gasteiger partial charge in [-0.3, -0.25) is 0 Å². The van der Waals surface area contributed by atoms with Crippen LogP contribution in [0, 0.1) is 5.92 Å². The fourth-order valence-electron chi connectivity index (χ4n) is 5.29. The summed E-state index contributed by atoms with van der Waals surface area (Å²) in [6.45, 7) is 4.79. The van der Waals surface area contributed by atoms with Crippen LogP contribution >= 0.6 is 22.7 Å². The minimum absolute atomic E-state index is 0. The monoisotopic (exact) mass is 500 g/mol. The summed E-state index contributed by atoms with van der Waals surface area (Å²) in [5, 5.41) is 15.3. The highest BCUT2D eigenvalue weighted by molar-refractivity contribution is 7.12. The van der Waals surface area contributed by atoms with E-state index in [1.54, 1.807) is 0 Å². The van der Waals surface area contributed by atoms with E-state index in [1.807, 2.05) is 65.4 Å². The van der Waals surface area contributed by atoms with E-state index in [0.29, 0.717) is 22.3 Å². The van der Waals surface area contributed by atoms with Gasteiger partial charge in [-0.1, -0.05) is 37.8 Å². The zero-order valence-corrected chi connectivity index (χ0v) is 20.2. The van der Waals surface area contributed by atoms with Crippen LogP contribution in [-0.4, -0.2) is 54.4 Å². The Kier molecular flexibility index (Phi) is 7.77. The average molecular weight is 501 g/mol. The van der Waals surface area contributed by atoms with Crippen molar-refractivity contribution in [1.82, 2.24) is 0 Å². The van der Waals surface area contributed by atoms with Crippen LogP contribution in [0.25, 0.3) is 0 Å². The largest absolute Gasteiger partial charge is 0.493 e. The number of piperidine rings is 3. The van der Waals surface area contributed by atoms with Crippen molar-refractivity contribution in [1.29, 1.82) is 0 Å². The molecular formula is C27H34NO4S2+. The first-order valence-corrected chi connectivity index (χ1v) is 13.4. The van der Waals surface area contributed by atoms with Gasteiger partial charge in [0.1, 0.15) is 12.3 Å². The van der Waals surface area contributed by atoms with E-state index in [1.165, 1.54) is 22.7 Å². The van der Waals surface area contributed by atoms with Gasteiger partial charge in [-0.05, 0) is 35.0 Å². The molecule has 3 fully saturated rings. The molecule has 3 saturated heterocycles. The molecule has 0 radical (unpaired) electrons. The predicted octanol–water partition coefficient (Wildman–Crippen LogP) is 5.30. The van der Waals surface area contributed by atoms with Crippen molar-refractivity contribution in [3.63, 3.8) is 0 Å². The third kappa shape index (κ3) is 4.93. The molecule has 2 aromatic heterocycles. The molecule has 5 nitrogen and oxygen atoms in total. The highest BCUT2D eigenvalue weighted by Crippen LogP contribution is 2.40. The van der Waals surface area contributed by atoms with Gasteiger partial charge in [-0.25, -0.2) is 4.79 Å². The molecule has 7 heteroatoms. The molecule has 2 bridgehead atoms. The Bertz CT molecular complexity index is 994. The molecule has 3 aliphatic heterocycles. The van der Waals surface area contributed by atoms with E-state index in [-0.39, 0.29) is 13.5 Å². The van der Waals surface area contributed by atoms with Gasteiger partial charge in [0, 0.05) is 25.2 Å². The van der Waals surface area contributed by atoms with Crippen LogP contribution in [0.5, 0.6) is 5.75 Å². The molecule has 0 saturated carbocycles. The van der Waals surface area contributed by atoms with E-state index in [2.05, 4.69) is 0 Å². The molecule has 1 unspecified atom stereocenters. The highest BCUT2D eigenvalue weighted by atomic mass is 32.1. The molecule has 182 valence electrons. The summed E-state index contributed by atoms with van der Waals surface area (Å²) < 4.78 is 13.0. The number of benzene rings is 1. The second-order valence-corrected chi connectivity index (χ2v) is 11.1. The average Bonchev–Trinajstić information content (AvgIpc) is 3.58. The smallest absolute Gasteiger partial charge is 0.349 e. The number of carbonyl (C=O) groups is 1. The van der Waals surface area contributed by atoms with Crippen LogP contribution in [0.4, 0.5) is 0 Å². The minimum Gasteiger partial charge on any atom is -0.493 e. The number of fused-ring (bicyclic) bond motifs is 3. The lowest BCUT2D eigenvalue weighted by atomic mass is 9.83. The lowest BCUT2D eigenvalue weighted by Crippen LogP contribution is -2.65. The number of nitrogens with zero attached hydrogens (tertiary/aromatic N) is 1. The van der Waals surface area contributed by atoms with E-state index in [9.17, 15) is 9.90 Å². The summed E-state index contributed by atoms with van der Waals surface area (Å²) in [5.74, 6) is 0.741. The van der Waals surface area contributed by atoms with Gasteiger partial charge >= 0.3 is 5.97 Å². The maximum Gasteiger partial charge on any atom is 0.349 e. The molecule has 0 amide bonds. The van der Waals surface area contributed by atoms with Gasteiger partial charge in [-0.15, -0.1) is 22.7 Å². The number of hydrogen-bond donors (Lipinski definition) is 1. The van der Waals surface area contributed by atoms with Crippen molar-refractivity contribution in [2.45, 2.75) is 38.4 Å². The van der Waals surface area contributed by atoms with E-state index in [0.717, 1.165) is 55.7 Å². The van der Waals surface area contributed by atoms with Crippen LogP contribution in [0.15, 0.2) is 65.4 Å². The summed E-state index contributed by atoms with van der Waals surface area (Å²) in [7, 11) is 0. The van der Waals surface area contributed by atoms with Crippen molar-refractivity contribution < 1.29 is 23.9 Å². The standard InChI is InChI=1S/C26H30NO4S2.CH4/c28-25(26(29,23-9-4-17-32-23)24-10-5-18-33-24)31-22-19-27(14-11-20(22)12-15-27)13-6-16-30-21-7-2-1-3-8-21;/h1-5,7-10,17-18,20,22,29H,6,11-16,19H2;1H4/q+1;. The van der Waals surface area contributed by atoms with Crippen molar-refractivity contribution in [3.8, 4) is 5.75 Å². The van der Waals surface area contributed by atoms with Crippen LogP contribution in [-0.2, 0) is 15.1 Å².